The van der Waals surface area contributed by atoms with Crippen LogP contribution in [0.3, 0.4) is 0 Å². The molecule has 2 fully saturated rings. The van der Waals surface area contributed by atoms with Crippen LogP contribution < -0.4 is 5.73 Å². The molecule has 14 heavy (non-hydrogen) atoms. The summed E-state index contributed by atoms with van der Waals surface area (Å²) >= 11 is 0. The molecule has 0 aromatic heterocycles. The van der Waals surface area contributed by atoms with Crippen LogP contribution in [0.25, 0.3) is 0 Å². The molecule has 2 rings (SSSR count). The molecule has 0 saturated heterocycles. The number of hydrogen-bond donors (Lipinski definition) is 1. The van der Waals surface area contributed by atoms with E-state index in [2.05, 4.69) is 0 Å². The van der Waals surface area contributed by atoms with Crippen LogP contribution in [0.2, 0.25) is 0 Å². The van der Waals surface area contributed by atoms with E-state index in [0.29, 0.717) is 6.42 Å². The first-order valence-electron chi connectivity index (χ1n) is 4.93. The first-order chi connectivity index (χ1) is 6.55. The fourth-order valence-electron chi connectivity index (χ4n) is 3.03. The van der Waals surface area contributed by atoms with Crippen molar-refractivity contribution in [1.82, 2.24) is 0 Å². The summed E-state index contributed by atoms with van der Waals surface area (Å²) in [6, 6.07) is 0. The lowest BCUT2D eigenvalue weighted by Gasteiger charge is -2.23. The van der Waals surface area contributed by atoms with Crippen LogP contribution in [-0.4, -0.2) is 19.0 Å². The minimum Gasteiger partial charge on any atom is -0.469 e. The van der Waals surface area contributed by atoms with Crippen LogP contribution in [0.5, 0.6) is 0 Å². The third kappa shape index (κ3) is 0.996. The SMILES string of the molecule is COC(=O)C12CCC(C(N)=O)(CC1)C2. The zero-order valence-electron chi connectivity index (χ0n) is 8.34. The van der Waals surface area contributed by atoms with Gasteiger partial charge in [0.2, 0.25) is 5.91 Å². The number of nitrogens with two attached hydrogens (primary N) is 1. The van der Waals surface area contributed by atoms with Gasteiger partial charge in [0.1, 0.15) is 0 Å². The highest BCUT2D eigenvalue weighted by Crippen LogP contribution is 2.61. The van der Waals surface area contributed by atoms with Gasteiger partial charge in [0.25, 0.3) is 0 Å². The lowest BCUT2D eigenvalue weighted by atomic mass is 9.82. The van der Waals surface area contributed by atoms with E-state index in [9.17, 15) is 9.59 Å². The zero-order chi connectivity index (χ0) is 10.4. The Hall–Kier alpha value is -1.06. The summed E-state index contributed by atoms with van der Waals surface area (Å²) in [5.74, 6) is -0.418. The van der Waals surface area contributed by atoms with Gasteiger partial charge in [-0.15, -0.1) is 0 Å². The summed E-state index contributed by atoms with van der Waals surface area (Å²) in [6.07, 6.45) is 3.60. The number of rotatable bonds is 2. The topological polar surface area (TPSA) is 69.4 Å². The fourth-order valence-corrected chi connectivity index (χ4v) is 3.03. The Kier molecular flexibility index (Phi) is 1.84. The Morgan fingerprint density at radius 3 is 2.00 bits per heavy atom. The molecule has 0 heterocycles. The summed E-state index contributed by atoms with van der Waals surface area (Å²) in [6.45, 7) is 0. The molecule has 0 spiro atoms. The number of ether oxygens (including phenoxy) is 1. The fraction of sp³-hybridized carbons (Fsp3) is 0.800. The van der Waals surface area contributed by atoms with Gasteiger partial charge < -0.3 is 10.5 Å². The van der Waals surface area contributed by atoms with E-state index < -0.39 is 10.8 Å². The maximum Gasteiger partial charge on any atom is 0.311 e. The maximum atomic E-state index is 11.6. The largest absolute Gasteiger partial charge is 0.469 e. The van der Waals surface area contributed by atoms with Crippen LogP contribution in [-0.2, 0) is 14.3 Å². The Morgan fingerprint density at radius 1 is 1.14 bits per heavy atom. The second-order valence-corrected chi connectivity index (χ2v) is 4.59. The number of fused-ring (bicyclic) bond motifs is 2. The average molecular weight is 197 g/mol. The number of hydrogen-bond acceptors (Lipinski definition) is 3. The minimum absolute atomic E-state index is 0.168. The molecule has 0 aliphatic heterocycles. The minimum atomic E-state index is -0.409. The van der Waals surface area contributed by atoms with E-state index in [1.165, 1.54) is 7.11 Å². The molecule has 4 nitrogen and oxygen atoms in total. The molecule has 2 aliphatic carbocycles. The molecule has 0 unspecified atom stereocenters. The lowest BCUT2D eigenvalue weighted by Crippen LogP contribution is -2.32. The van der Waals surface area contributed by atoms with E-state index in [1.54, 1.807) is 0 Å². The molecule has 2 N–H and O–H groups in total. The first kappa shape index (κ1) is 9.49. The Bertz CT molecular complexity index is 290. The highest BCUT2D eigenvalue weighted by molar-refractivity contribution is 5.86. The van der Waals surface area contributed by atoms with Crippen molar-refractivity contribution in [3.8, 4) is 0 Å². The second-order valence-electron chi connectivity index (χ2n) is 4.59. The predicted molar refractivity (Wildman–Crippen MR) is 49.2 cm³/mol. The number of primary amides is 1. The molecule has 4 heteroatoms. The average Bonchev–Trinajstić information content (AvgIpc) is 2.74. The number of amides is 1. The number of esters is 1. The number of carbonyl (C=O) groups excluding carboxylic acids is 2. The van der Waals surface area contributed by atoms with Gasteiger partial charge in [-0.25, -0.2) is 0 Å². The zero-order valence-corrected chi connectivity index (χ0v) is 8.34. The third-order valence-electron chi connectivity index (χ3n) is 3.98. The van der Waals surface area contributed by atoms with Crippen molar-refractivity contribution >= 4 is 11.9 Å². The Morgan fingerprint density at radius 2 is 1.64 bits per heavy atom. The third-order valence-corrected chi connectivity index (χ3v) is 3.98. The molecule has 0 aromatic carbocycles. The molecule has 0 atom stereocenters. The lowest BCUT2D eigenvalue weighted by molar-refractivity contribution is -0.152. The maximum absolute atomic E-state index is 11.6. The molecule has 1 amide bonds. The van der Waals surface area contributed by atoms with Gasteiger partial charge in [0, 0.05) is 0 Å². The van der Waals surface area contributed by atoms with Crippen LogP contribution in [0.1, 0.15) is 32.1 Å². The highest BCUT2D eigenvalue weighted by Gasteiger charge is 2.61. The van der Waals surface area contributed by atoms with Crippen molar-refractivity contribution in [3.63, 3.8) is 0 Å². The van der Waals surface area contributed by atoms with Crippen LogP contribution in [0, 0.1) is 10.8 Å². The van der Waals surface area contributed by atoms with Crippen LogP contribution in [0.4, 0.5) is 0 Å². The predicted octanol–water partition coefficient (Wildman–Crippen LogP) is 0.595. The van der Waals surface area contributed by atoms with E-state index >= 15 is 0 Å². The summed E-state index contributed by atoms with van der Waals surface area (Å²) in [5, 5.41) is 0. The van der Waals surface area contributed by atoms with E-state index in [0.717, 1.165) is 25.7 Å². The van der Waals surface area contributed by atoms with Gasteiger partial charge in [-0.1, -0.05) is 0 Å². The first-order valence-corrected chi connectivity index (χ1v) is 4.93. The van der Waals surface area contributed by atoms with Crippen molar-refractivity contribution in [2.75, 3.05) is 7.11 Å². The molecule has 78 valence electrons. The molecule has 0 radical (unpaired) electrons. The Balaban J connectivity index is 2.24. The van der Waals surface area contributed by atoms with Crippen molar-refractivity contribution in [2.24, 2.45) is 16.6 Å². The summed E-state index contributed by atoms with van der Waals surface area (Å²) in [5.41, 5.74) is 4.57. The summed E-state index contributed by atoms with van der Waals surface area (Å²) < 4.78 is 4.79. The van der Waals surface area contributed by atoms with Crippen LogP contribution in [0.15, 0.2) is 0 Å². The Labute approximate surface area is 82.8 Å². The molecule has 2 bridgehead atoms. The second kappa shape index (κ2) is 2.72. The molecular formula is C10H15NO3. The summed E-state index contributed by atoms with van der Waals surface area (Å²) in [7, 11) is 1.40. The van der Waals surface area contributed by atoms with E-state index in [4.69, 9.17) is 10.5 Å². The van der Waals surface area contributed by atoms with Gasteiger partial charge in [-0.05, 0) is 32.1 Å². The monoisotopic (exact) mass is 197 g/mol. The van der Waals surface area contributed by atoms with Crippen LogP contribution >= 0.6 is 0 Å². The van der Waals surface area contributed by atoms with Crippen molar-refractivity contribution in [3.05, 3.63) is 0 Å². The highest BCUT2D eigenvalue weighted by atomic mass is 16.5. The molecule has 2 saturated carbocycles. The number of methoxy groups -OCH3 is 1. The van der Waals surface area contributed by atoms with Crippen molar-refractivity contribution in [2.45, 2.75) is 32.1 Å². The van der Waals surface area contributed by atoms with Gasteiger partial charge in [-0.2, -0.15) is 0 Å². The van der Waals surface area contributed by atoms with Gasteiger partial charge in [-0.3, -0.25) is 9.59 Å². The quantitative estimate of drug-likeness (QED) is 0.659. The standard InChI is InChI=1S/C10H15NO3/c1-14-8(13)10-4-2-9(6-10,3-5-10)7(11)12/h2-6H2,1H3,(H2,11,12). The van der Waals surface area contributed by atoms with E-state index in [-0.39, 0.29) is 11.9 Å². The van der Waals surface area contributed by atoms with Crippen molar-refractivity contribution < 1.29 is 14.3 Å². The van der Waals surface area contributed by atoms with Crippen molar-refractivity contribution in [1.29, 1.82) is 0 Å². The number of carbonyl (C=O) groups is 2. The van der Waals surface area contributed by atoms with Gasteiger partial charge in [0.15, 0.2) is 0 Å². The van der Waals surface area contributed by atoms with E-state index in [1.807, 2.05) is 0 Å². The van der Waals surface area contributed by atoms with Gasteiger partial charge >= 0.3 is 5.97 Å². The summed E-state index contributed by atoms with van der Waals surface area (Å²) in [4.78, 5) is 22.9. The normalized spacial score (nSPS) is 39.8. The molecule has 0 aromatic rings. The molecular weight excluding hydrogens is 182 g/mol. The smallest absolute Gasteiger partial charge is 0.311 e. The molecule has 2 aliphatic rings. The van der Waals surface area contributed by atoms with Gasteiger partial charge in [0.05, 0.1) is 17.9 Å².